The fraction of sp³-hybridized carbons (Fsp3) is 0.130. The van der Waals surface area contributed by atoms with Crippen LogP contribution >= 0.6 is 0 Å². The highest BCUT2D eigenvalue weighted by Crippen LogP contribution is 2.44. The molecular formula is C23H19NO2S. The first-order chi connectivity index (χ1) is 13.0. The number of aryl methyl sites for hydroxylation is 2. The zero-order valence-corrected chi connectivity index (χ0v) is 15.8. The molecule has 0 atom stereocenters. The summed E-state index contributed by atoms with van der Waals surface area (Å²) >= 11 is 0. The van der Waals surface area contributed by atoms with Gasteiger partial charge >= 0.3 is 0 Å². The Morgan fingerprint density at radius 2 is 1.56 bits per heavy atom. The molecule has 1 aliphatic heterocycles. The van der Waals surface area contributed by atoms with Gasteiger partial charge in [0.15, 0.2) is 9.84 Å². The van der Waals surface area contributed by atoms with Gasteiger partial charge in [0.2, 0.25) is 0 Å². The van der Waals surface area contributed by atoms with Crippen LogP contribution in [-0.4, -0.2) is 19.2 Å². The molecule has 2 heterocycles. The Morgan fingerprint density at radius 3 is 2.26 bits per heavy atom. The van der Waals surface area contributed by atoms with E-state index in [1.54, 1.807) is 12.1 Å². The van der Waals surface area contributed by atoms with E-state index < -0.39 is 9.84 Å². The van der Waals surface area contributed by atoms with Gasteiger partial charge < -0.3 is 4.57 Å². The highest BCUT2D eigenvalue weighted by Gasteiger charge is 2.25. The standard InChI is InChI=1S/C23H19NO2S/c1-27(25,26)19-12-10-18(11-13-19)23-21(16-6-3-2-4-7-16)20-9-5-8-17-14-15-24(23)22(17)20/h2-13H,14-15H2,1H3. The van der Waals surface area contributed by atoms with Crippen LogP contribution in [0.25, 0.3) is 33.3 Å². The molecule has 3 nitrogen and oxygen atoms in total. The lowest BCUT2D eigenvalue weighted by Gasteiger charge is -2.11. The molecule has 0 amide bonds. The third-order valence-corrected chi connectivity index (χ3v) is 6.52. The van der Waals surface area contributed by atoms with Crippen molar-refractivity contribution in [1.82, 2.24) is 4.57 Å². The number of hydrogen-bond donors (Lipinski definition) is 0. The van der Waals surface area contributed by atoms with E-state index in [2.05, 4.69) is 47.0 Å². The molecule has 0 fully saturated rings. The smallest absolute Gasteiger partial charge is 0.175 e. The largest absolute Gasteiger partial charge is 0.339 e. The maximum Gasteiger partial charge on any atom is 0.175 e. The maximum absolute atomic E-state index is 11.8. The van der Waals surface area contributed by atoms with Crippen molar-refractivity contribution in [3.8, 4) is 22.4 Å². The first kappa shape index (κ1) is 16.3. The predicted molar refractivity (Wildman–Crippen MR) is 110 cm³/mol. The van der Waals surface area contributed by atoms with Gasteiger partial charge in [-0.3, -0.25) is 0 Å². The molecule has 0 spiro atoms. The van der Waals surface area contributed by atoms with Gasteiger partial charge in [0.1, 0.15) is 0 Å². The van der Waals surface area contributed by atoms with Crippen molar-refractivity contribution in [3.63, 3.8) is 0 Å². The molecule has 4 heteroatoms. The lowest BCUT2D eigenvalue weighted by molar-refractivity contribution is 0.602. The van der Waals surface area contributed by atoms with Gasteiger partial charge in [0.05, 0.1) is 16.1 Å². The van der Waals surface area contributed by atoms with Gasteiger partial charge in [0.25, 0.3) is 0 Å². The fourth-order valence-electron chi connectivity index (χ4n) is 4.20. The van der Waals surface area contributed by atoms with Crippen molar-refractivity contribution in [1.29, 1.82) is 0 Å². The average molecular weight is 373 g/mol. The normalized spacial score (nSPS) is 13.4. The summed E-state index contributed by atoms with van der Waals surface area (Å²) in [6.07, 6.45) is 2.28. The van der Waals surface area contributed by atoms with E-state index in [-0.39, 0.29) is 0 Å². The minimum atomic E-state index is -3.20. The van der Waals surface area contributed by atoms with Crippen LogP contribution < -0.4 is 0 Å². The fourth-order valence-corrected chi connectivity index (χ4v) is 4.83. The molecule has 0 aliphatic carbocycles. The number of hydrogen-bond acceptors (Lipinski definition) is 2. The molecule has 0 radical (unpaired) electrons. The van der Waals surface area contributed by atoms with Gasteiger partial charge in [-0.2, -0.15) is 0 Å². The van der Waals surface area contributed by atoms with Crippen LogP contribution in [0.4, 0.5) is 0 Å². The molecule has 27 heavy (non-hydrogen) atoms. The second-order valence-corrected chi connectivity index (χ2v) is 9.12. The number of benzene rings is 3. The summed E-state index contributed by atoms with van der Waals surface area (Å²) in [7, 11) is -3.20. The van der Waals surface area contributed by atoms with Gasteiger partial charge in [-0.25, -0.2) is 8.42 Å². The molecule has 4 aromatic rings. The number of rotatable bonds is 3. The Balaban J connectivity index is 1.83. The minimum absolute atomic E-state index is 0.353. The molecule has 134 valence electrons. The number of aromatic nitrogens is 1. The average Bonchev–Trinajstić information content (AvgIpc) is 3.25. The third kappa shape index (κ3) is 2.52. The Morgan fingerprint density at radius 1 is 0.815 bits per heavy atom. The molecule has 0 N–H and O–H groups in total. The monoisotopic (exact) mass is 373 g/mol. The van der Waals surface area contributed by atoms with Crippen LogP contribution in [-0.2, 0) is 22.8 Å². The molecular weight excluding hydrogens is 354 g/mol. The van der Waals surface area contributed by atoms with Gasteiger partial charge in [0, 0.05) is 23.8 Å². The molecule has 1 aromatic heterocycles. The zero-order valence-electron chi connectivity index (χ0n) is 15.0. The summed E-state index contributed by atoms with van der Waals surface area (Å²) in [4.78, 5) is 0.353. The van der Waals surface area contributed by atoms with Gasteiger partial charge in [-0.05, 0) is 35.2 Å². The lowest BCUT2D eigenvalue weighted by Crippen LogP contribution is -1.99. The van der Waals surface area contributed by atoms with Crippen LogP contribution in [0.2, 0.25) is 0 Å². The SMILES string of the molecule is CS(=O)(=O)c1ccc(-c2c(-c3ccccc3)c3cccc4c3n2CC4)cc1. The number of nitrogens with zero attached hydrogens (tertiary/aromatic N) is 1. The van der Waals surface area contributed by atoms with E-state index in [4.69, 9.17) is 0 Å². The molecule has 0 bridgehead atoms. The first-order valence-electron chi connectivity index (χ1n) is 9.04. The highest BCUT2D eigenvalue weighted by molar-refractivity contribution is 7.90. The van der Waals surface area contributed by atoms with Crippen LogP contribution in [0.5, 0.6) is 0 Å². The van der Waals surface area contributed by atoms with Crippen molar-refractivity contribution in [3.05, 3.63) is 78.4 Å². The Labute approximate surface area is 158 Å². The van der Waals surface area contributed by atoms with Crippen LogP contribution in [0.3, 0.4) is 0 Å². The molecule has 1 aliphatic rings. The van der Waals surface area contributed by atoms with E-state index >= 15 is 0 Å². The van der Waals surface area contributed by atoms with E-state index in [0.29, 0.717) is 4.90 Å². The van der Waals surface area contributed by atoms with Gasteiger partial charge in [-0.15, -0.1) is 0 Å². The van der Waals surface area contributed by atoms with E-state index in [1.807, 2.05) is 18.2 Å². The number of sulfone groups is 1. The van der Waals surface area contributed by atoms with Crippen molar-refractivity contribution >= 4 is 20.7 Å². The molecule has 0 saturated heterocycles. The Kier molecular flexibility index (Phi) is 3.52. The zero-order chi connectivity index (χ0) is 18.6. The van der Waals surface area contributed by atoms with Crippen LogP contribution in [0.1, 0.15) is 5.56 Å². The van der Waals surface area contributed by atoms with Crippen molar-refractivity contribution in [2.75, 3.05) is 6.26 Å². The summed E-state index contributed by atoms with van der Waals surface area (Å²) in [5.74, 6) is 0. The maximum atomic E-state index is 11.8. The van der Waals surface area contributed by atoms with E-state index in [1.165, 1.54) is 39.5 Å². The summed E-state index contributed by atoms with van der Waals surface area (Å²) in [6, 6.07) is 24.2. The first-order valence-corrected chi connectivity index (χ1v) is 10.9. The molecule has 3 aromatic carbocycles. The van der Waals surface area contributed by atoms with Crippen molar-refractivity contribution < 1.29 is 8.42 Å². The molecule has 5 rings (SSSR count). The Bertz CT molecular complexity index is 1270. The summed E-state index contributed by atoms with van der Waals surface area (Å²) < 4.78 is 26.1. The van der Waals surface area contributed by atoms with Crippen LogP contribution in [0.15, 0.2) is 77.7 Å². The summed E-state index contributed by atoms with van der Waals surface area (Å²) in [6.45, 7) is 0.950. The molecule has 0 saturated carbocycles. The molecule has 0 unspecified atom stereocenters. The topological polar surface area (TPSA) is 39.1 Å². The lowest BCUT2D eigenvalue weighted by atomic mass is 9.97. The highest BCUT2D eigenvalue weighted by atomic mass is 32.2. The van der Waals surface area contributed by atoms with Crippen molar-refractivity contribution in [2.45, 2.75) is 17.9 Å². The van der Waals surface area contributed by atoms with E-state index in [9.17, 15) is 8.42 Å². The second-order valence-electron chi connectivity index (χ2n) is 7.10. The third-order valence-electron chi connectivity index (χ3n) is 5.39. The van der Waals surface area contributed by atoms with Crippen molar-refractivity contribution in [2.24, 2.45) is 0 Å². The summed E-state index contributed by atoms with van der Waals surface area (Å²) in [5, 5.41) is 1.26. The predicted octanol–water partition coefficient (Wildman–Crippen LogP) is 4.93. The summed E-state index contributed by atoms with van der Waals surface area (Å²) in [5.41, 5.74) is 7.30. The second kappa shape index (κ2) is 5.83. The minimum Gasteiger partial charge on any atom is -0.339 e. The quantitative estimate of drug-likeness (QED) is 0.510. The van der Waals surface area contributed by atoms with E-state index in [0.717, 1.165) is 18.5 Å². The van der Waals surface area contributed by atoms with Crippen LogP contribution in [0, 0.1) is 0 Å². The van der Waals surface area contributed by atoms with Gasteiger partial charge in [-0.1, -0.05) is 60.7 Å². The Hall–Kier alpha value is -2.85. The number of para-hydroxylation sites is 1.